The van der Waals surface area contributed by atoms with Crippen molar-refractivity contribution in [3.05, 3.63) is 88.1 Å². The Morgan fingerprint density at radius 1 is 1.06 bits per heavy atom. The molecule has 0 fully saturated rings. The van der Waals surface area contributed by atoms with Crippen LogP contribution in [0.5, 0.6) is 0 Å². The molecule has 2 aromatic carbocycles. The Morgan fingerprint density at radius 3 is 2.49 bits per heavy atom. The molecule has 0 saturated heterocycles. The van der Waals surface area contributed by atoms with E-state index in [0.717, 1.165) is 30.0 Å². The van der Waals surface area contributed by atoms with Gasteiger partial charge in [0.2, 0.25) is 5.91 Å². The molecule has 1 aliphatic rings. The van der Waals surface area contributed by atoms with E-state index in [-0.39, 0.29) is 17.9 Å². The van der Waals surface area contributed by atoms with Gasteiger partial charge in [-0.15, -0.1) is 11.3 Å². The second kappa shape index (κ2) is 11.5. The molecule has 0 aliphatic carbocycles. The number of rotatable bonds is 10. The van der Waals surface area contributed by atoms with Crippen LogP contribution in [0.25, 0.3) is 0 Å². The molecule has 184 valence electrons. The highest BCUT2D eigenvalue weighted by atomic mass is 32.1. The van der Waals surface area contributed by atoms with E-state index >= 15 is 0 Å². The molecule has 5 nitrogen and oxygen atoms in total. The molecule has 1 aliphatic heterocycles. The summed E-state index contributed by atoms with van der Waals surface area (Å²) in [5, 5.41) is 5.23. The van der Waals surface area contributed by atoms with Crippen molar-refractivity contribution in [1.29, 1.82) is 0 Å². The molecular weight excluding hydrogens is 454 g/mol. The Morgan fingerprint density at radius 2 is 1.80 bits per heavy atom. The van der Waals surface area contributed by atoms with Crippen LogP contribution in [0.15, 0.2) is 72.1 Å². The highest BCUT2D eigenvalue weighted by Gasteiger charge is 2.44. The van der Waals surface area contributed by atoms with Gasteiger partial charge in [-0.2, -0.15) is 0 Å². The van der Waals surface area contributed by atoms with Gasteiger partial charge in [0.25, 0.3) is 5.91 Å². The molecule has 2 unspecified atom stereocenters. The normalized spacial score (nSPS) is 17.4. The lowest BCUT2D eigenvalue weighted by molar-refractivity contribution is -0.124. The van der Waals surface area contributed by atoms with Crippen molar-refractivity contribution in [3.8, 4) is 0 Å². The number of anilines is 1. The maximum absolute atomic E-state index is 13.7. The lowest BCUT2D eigenvalue weighted by atomic mass is 9.81. The number of thiophene rings is 1. The summed E-state index contributed by atoms with van der Waals surface area (Å²) in [6, 6.07) is 21.7. The van der Waals surface area contributed by atoms with E-state index in [9.17, 15) is 9.59 Å². The number of nitrogens with one attached hydrogen (secondary N) is 1. The molecule has 4 rings (SSSR count). The zero-order chi connectivity index (χ0) is 24.8. The summed E-state index contributed by atoms with van der Waals surface area (Å²) < 4.78 is 0. The fourth-order valence-corrected chi connectivity index (χ4v) is 5.82. The lowest BCUT2D eigenvalue weighted by Gasteiger charge is -2.42. The first-order valence-electron chi connectivity index (χ1n) is 12.5. The molecule has 2 atom stereocenters. The average Bonchev–Trinajstić information content (AvgIpc) is 3.40. The van der Waals surface area contributed by atoms with Crippen LogP contribution in [0.2, 0.25) is 0 Å². The van der Waals surface area contributed by atoms with Crippen LogP contribution in [-0.4, -0.2) is 42.9 Å². The standard InChI is InChI=1S/C29H35N3O2S/c1-4-31(22-12-6-5-7-13-22)18-11-17-30-28(33)26-23-14-8-9-15-24(23)29(34)32(20-21(2)3)27(26)25-16-10-19-35-25/h5-10,12-16,19,21,26-27H,4,11,17-18,20H2,1-3H3,(H,30,33). The van der Waals surface area contributed by atoms with Gasteiger partial charge in [-0.25, -0.2) is 0 Å². The molecule has 1 aromatic heterocycles. The fraction of sp³-hybridized carbons (Fsp3) is 0.379. The van der Waals surface area contributed by atoms with Crippen LogP contribution in [0.1, 0.15) is 60.0 Å². The Kier molecular flexibility index (Phi) is 8.24. The molecule has 6 heteroatoms. The fourth-order valence-electron chi connectivity index (χ4n) is 4.95. The number of benzene rings is 2. The first-order valence-corrected chi connectivity index (χ1v) is 13.4. The van der Waals surface area contributed by atoms with Gasteiger partial charge in [-0.1, -0.05) is 56.3 Å². The van der Waals surface area contributed by atoms with Crippen molar-refractivity contribution >= 4 is 28.8 Å². The molecule has 35 heavy (non-hydrogen) atoms. The Labute approximate surface area is 212 Å². The van der Waals surface area contributed by atoms with Crippen molar-refractivity contribution in [2.24, 2.45) is 5.92 Å². The van der Waals surface area contributed by atoms with E-state index in [0.29, 0.717) is 24.6 Å². The summed E-state index contributed by atoms with van der Waals surface area (Å²) in [5.74, 6) is -0.135. The van der Waals surface area contributed by atoms with E-state index in [2.05, 4.69) is 55.3 Å². The number of nitrogens with zero attached hydrogens (tertiary/aromatic N) is 2. The van der Waals surface area contributed by atoms with Gasteiger partial charge >= 0.3 is 0 Å². The molecule has 0 bridgehead atoms. The zero-order valence-electron chi connectivity index (χ0n) is 20.8. The number of hydrogen-bond acceptors (Lipinski definition) is 4. The monoisotopic (exact) mass is 489 g/mol. The maximum Gasteiger partial charge on any atom is 0.254 e. The number of carbonyl (C=O) groups excluding carboxylic acids is 2. The zero-order valence-corrected chi connectivity index (χ0v) is 21.6. The van der Waals surface area contributed by atoms with Crippen LogP contribution < -0.4 is 10.2 Å². The van der Waals surface area contributed by atoms with E-state index < -0.39 is 5.92 Å². The van der Waals surface area contributed by atoms with Gasteiger partial charge < -0.3 is 15.1 Å². The van der Waals surface area contributed by atoms with Crippen molar-refractivity contribution in [1.82, 2.24) is 10.2 Å². The van der Waals surface area contributed by atoms with Gasteiger partial charge in [-0.3, -0.25) is 9.59 Å². The smallest absolute Gasteiger partial charge is 0.254 e. The number of para-hydroxylation sites is 1. The predicted molar refractivity (Wildman–Crippen MR) is 144 cm³/mol. The van der Waals surface area contributed by atoms with Crippen LogP contribution in [-0.2, 0) is 4.79 Å². The summed E-state index contributed by atoms with van der Waals surface area (Å²) >= 11 is 1.61. The van der Waals surface area contributed by atoms with Crippen molar-refractivity contribution in [2.45, 2.75) is 39.2 Å². The minimum absolute atomic E-state index is 0.0122. The third-order valence-corrected chi connectivity index (χ3v) is 7.47. The third kappa shape index (κ3) is 5.59. The molecule has 3 aromatic rings. The van der Waals surface area contributed by atoms with Gasteiger partial charge in [0, 0.05) is 42.3 Å². The lowest BCUT2D eigenvalue weighted by Crippen LogP contribution is -2.48. The van der Waals surface area contributed by atoms with Crippen molar-refractivity contribution in [3.63, 3.8) is 0 Å². The molecule has 0 spiro atoms. The minimum Gasteiger partial charge on any atom is -0.372 e. The maximum atomic E-state index is 13.7. The first kappa shape index (κ1) is 25.0. The van der Waals surface area contributed by atoms with Gasteiger partial charge in [0.05, 0.1) is 12.0 Å². The first-order chi connectivity index (χ1) is 17.0. The van der Waals surface area contributed by atoms with E-state index in [4.69, 9.17) is 0 Å². The van der Waals surface area contributed by atoms with Crippen LogP contribution in [0.4, 0.5) is 5.69 Å². The van der Waals surface area contributed by atoms with E-state index in [1.807, 2.05) is 52.7 Å². The second-order valence-electron chi connectivity index (χ2n) is 9.44. The second-order valence-corrected chi connectivity index (χ2v) is 10.4. The summed E-state index contributed by atoms with van der Waals surface area (Å²) in [4.78, 5) is 32.5. The van der Waals surface area contributed by atoms with Crippen molar-refractivity contribution < 1.29 is 9.59 Å². The van der Waals surface area contributed by atoms with Crippen LogP contribution in [0.3, 0.4) is 0 Å². The average molecular weight is 490 g/mol. The molecule has 2 heterocycles. The number of carbonyl (C=O) groups is 2. The Bertz CT molecular complexity index is 1110. The molecule has 0 radical (unpaired) electrons. The molecule has 2 amide bonds. The van der Waals surface area contributed by atoms with E-state index in [1.165, 1.54) is 5.69 Å². The van der Waals surface area contributed by atoms with Gasteiger partial charge in [-0.05, 0) is 54.5 Å². The summed E-state index contributed by atoms with van der Waals surface area (Å²) in [7, 11) is 0. The Hall–Kier alpha value is -3.12. The SMILES string of the molecule is CCN(CCCNC(=O)C1c2ccccc2C(=O)N(CC(C)C)C1c1cccs1)c1ccccc1. The van der Waals surface area contributed by atoms with Crippen LogP contribution in [0, 0.1) is 5.92 Å². The topological polar surface area (TPSA) is 52.7 Å². The molecule has 0 saturated carbocycles. The summed E-state index contributed by atoms with van der Waals surface area (Å²) in [6.45, 7) is 9.37. The summed E-state index contributed by atoms with van der Waals surface area (Å²) in [6.07, 6.45) is 0.848. The van der Waals surface area contributed by atoms with Crippen LogP contribution >= 0.6 is 11.3 Å². The predicted octanol–water partition coefficient (Wildman–Crippen LogP) is 5.72. The molecular formula is C29H35N3O2S. The van der Waals surface area contributed by atoms with Crippen molar-refractivity contribution in [2.75, 3.05) is 31.1 Å². The van der Waals surface area contributed by atoms with Gasteiger partial charge in [0.15, 0.2) is 0 Å². The summed E-state index contributed by atoms with van der Waals surface area (Å²) in [5.41, 5.74) is 2.67. The van der Waals surface area contributed by atoms with Gasteiger partial charge in [0.1, 0.15) is 0 Å². The van der Waals surface area contributed by atoms with E-state index in [1.54, 1.807) is 11.3 Å². The number of hydrogen-bond donors (Lipinski definition) is 1. The number of amides is 2. The quantitative estimate of drug-likeness (QED) is 0.371. The minimum atomic E-state index is -0.433. The number of fused-ring (bicyclic) bond motifs is 1. The largest absolute Gasteiger partial charge is 0.372 e. The Balaban J connectivity index is 1.54. The molecule has 1 N–H and O–H groups in total. The highest BCUT2D eigenvalue weighted by Crippen LogP contribution is 2.44. The third-order valence-electron chi connectivity index (χ3n) is 6.52. The highest BCUT2D eigenvalue weighted by molar-refractivity contribution is 7.10.